The van der Waals surface area contributed by atoms with Gasteiger partial charge >= 0.3 is 0 Å². The van der Waals surface area contributed by atoms with E-state index in [9.17, 15) is 9.59 Å². The fourth-order valence-electron chi connectivity index (χ4n) is 3.29. The molecule has 1 unspecified atom stereocenters. The predicted octanol–water partition coefficient (Wildman–Crippen LogP) is 1.29. The molecule has 0 radical (unpaired) electrons. The van der Waals surface area contributed by atoms with Gasteiger partial charge in [0.1, 0.15) is 6.61 Å². The number of amides is 2. The zero-order chi connectivity index (χ0) is 17.0. The topological polar surface area (TPSA) is 59.1 Å². The van der Waals surface area contributed by atoms with Gasteiger partial charge in [-0.1, -0.05) is 13.8 Å². The largest absolute Gasteiger partial charge is 0.375 e. The number of likely N-dealkylation sites (tertiary alicyclic amines) is 1. The Kier molecular flexibility index (Phi) is 6.03. The lowest BCUT2D eigenvalue weighted by atomic mass is 9.83. The van der Waals surface area contributed by atoms with Gasteiger partial charge in [0.2, 0.25) is 11.8 Å². The molecule has 2 heterocycles. The van der Waals surface area contributed by atoms with Gasteiger partial charge in [-0.15, -0.1) is 0 Å². The van der Waals surface area contributed by atoms with Crippen LogP contribution in [-0.2, 0) is 19.1 Å². The number of nitrogens with zero attached hydrogens (tertiary/aromatic N) is 2. The molecule has 0 aromatic heterocycles. The van der Waals surface area contributed by atoms with Crippen molar-refractivity contribution in [3.63, 3.8) is 0 Å². The Bertz CT molecular complexity index is 428. The molecule has 2 fully saturated rings. The minimum absolute atomic E-state index is 0.0112. The van der Waals surface area contributed by atoms with Crippen molar-refractivity contribution in [2.45, 2.75) is 51.2 Å². The Morgan fingerprint density at radius 2 is 1.96 bits per heavy atom. The average Bonchev–Trinajstić information content (AvgIpc) is 2.52. The maximum atomic E-state index is 12.1. The van der Waals surface area contributed by atoms with Crippen LogP contribution in [0.1, 0.15) is 39.5 Å². The molecule has 2 aliphatic heterocycles. The van der Waals surface area contributed by atoms with Crippen molar-refractivity contribution in [1.82, 2.24) is 9.80 Å². The van der Waals surface area contributed by atoms with E-state index < -0.39 is 0 Å². The van der Waals surface area contributed by atoms with Gasteiger partial charge in [-0.3, -0.25) is 9.59 Å². The zero-order valence-corrected chi connectivity index (χ0v) is 14.8. The Balaban J connectivity index is 1.84. The van der Waals surface area contributed by atoms with Crippen LogP contribution in [0.15, 0.2) is 0 Å². The molecule has 2 saturated heterocycles. The van der Waals surface area contributed by atoms with E-state index in [0.29, 0.717) is 6.61 Å². The Labute approximate surface area is 139 Å². The quantitative estimate of drug-likeness (QED) is 0.781. The molecule has 2 amide bonds. The molecule has 2 aliphatic rings. The number of hydrogen-bond acceptors (Lipinski definition) is 4. The van der Waals surface area contributed by atoms with Crippen molar-refractivity contribution in [2.24, 2.45) is 5.92 Å². The van der Waals surface area contributed by atoms with Crippen LogP contribution in [0.3, 0.4) is 0 Å². The molecule has 6 nitrogen and oxygen atoms in total. The van der Waals surface area contributed by atoms with Crippen LogP contribution in [0, 0.1) is 5.92 Å². The summed E-state index contributed by atoms with van der Waals surface area (Å²) in [6.45, 7) is 6.18. The highest BCUT2D eigenvalue weighted by molar-refractivity contribution is 5.78. The van der Waals surface area contributed by atoms with Crippen LogP contribution in [0.4, 0.5) is 0 Å². The molecule has 0 N–H and O–H groups in total. The van der Waals surface area contributed by atoms with Crippen LogP contribution in [0.25, 0.3) is 0 Å². The third-order valence-electron chi connectivity index (χ3n) is 4.87. The third kappa shape index (κ3) is 4.67. The van der Waals surface area contributed by atoms with Crippen LogP contribution in [-0.4, -0.2) is 73.7 Å². The molecular formula is C17H30N2O4. The fourth-order valence-corrected chi connectivity index (χ4v) is 3.29. The molecule has 1 atom stereocenters. The van der Waals surface area contributed by atoms with Gasteiger partial charge in [-0.25, -0.2) is 0 Å². The number of hydrogen-bond donors (Lipinski definition) is 0. The van der Waals surface area contributed by atoms with E-state index in [2.05, 4.69) is 0 Å². The van der Waals surface area contributed by atoms with Gasteiger partial charge in [0.25, 0.3) is 0 Å². The van der Waals surface area contributed by atoms with Crippen molar-refractivity contribution in [3.8, 4) is 0 Å². The summed E-state index contributed by atoms with van der Waals surface area (Å²) < 4.78 is 11.9. The molecule has 0 aromatic carbocycles. The number of likely N-dealkylation sites (N-methyl/N-ethyl adjacent to an activating group) is 1. The Morgan fingerprint density at radius 1 is 1.30 bits per heavy atom. The highest BCUT2D eigenvalue weighted by atomic mass is 16.5. The highest BCUT2D eigenvalue weighted by Gasteiger charge is 2.41. The van der Waals surface area contributed by atoms with Crippen LogP contribution in [0.2, 0.25) is 0 Å². The molecule has 2 rings (SSSR count). The first-order valence-electron chi connectivity index (χ1n) is 8.57. The van der Waals surface area contributed by atoms with Crippen molar-refractivity contribution in [1.29, 1.82) is 0 Å². The van der Waals surface area contributed by atoms with Gasteiger partial charge in [0, 0.05) is 46.1 Å². The first kappa shape index (κ1) is 18.2. The molecular weight excluding hydrogens is 296 g/mol. The van der Waals surface area contributed by atoms with Crippen LogP contribution < -0.4 is 0 Å². The molecule has 0 saturated carbocycles. The smallest absolute Gasteiger partial charge is 0.248 e. The number of carbonyl (C=O) groups excluding carboxylic acids is 2. The van der Waals surface area contributed by atoms with Crippen LogP contribution >= 0.6 is 0 Å². The monoisotopic (exact) mass is 326 g/mol. The lowest BCUT2D eigenvalue weighted by Gasteiger charge is -2.46. The van der Waals surface area contributed by atoms with Crippen molar-refractivity contribution < 1.29 is 19.1 Å². The number of ether oxygens (including phenoxy) is 2. The van der Waals surface area contributed by atoms with Crippen molar-refractivity contribution in [3.05, 3.63) is 0 Å². The summed E-state index contributed by atoms with van der Waals surface area (Å²) in [5.74, 6) is 0.257. The number of piperidine rings is 1. The Hall–Kier alpha value is -1.14. The summed E-state index contributed by atoms with van der Waals surface area (Å²) in [4.78, 5) is 27.2. The number of rotatable bonds is 4. The van der Waals surface area contributed by atoms with Crippen molar-refractivity contribution in [2.75, 3.05) is 40.4 Å². The van der Waals surface area contributed by atoms with Gasteiger partial charge in [-0.2, -0.15) is 0 Å². The predicted molar refractivity (Wildman–Crippen MR) is 87.0 cm³/mol. The SMILES string of the molecule is CC(C)C(=O)N1CCC2(CC1)CC(OCC(=O)N(C)C)CCO2. The molecule has 1 spiro atoms. The second-order valence-electron chi connectivity index (χ2n) is 7.23. The summed E-state index contributed by atoms with van der Waals surface area (Å²) in [7, 11) is 3.47. The maximum Gasteiger partial charge on any atom is 0.248 e. The second-order valence-corrected chi connectivity index (χ2v) is 7.23. The van der Waals surface area contributed by atoms with Gasteiger partial charge in [-0.05, 0) is 19.3 Å². The first-order chi connectivity index (χ1) is 10.8. The molecule has 132 valence electrons. The van der Waals surface area contributed by atoms with E-state index in [0.717, 1.165) is 38.8 Å². The molecule has 6 heteroatoms. The van der Waals surface area contributed by atoms with E-state index >= 15 is 0 Å². The minimum Gasteiger partial charge on any atom is -0.375 e. The summed E-state index contributed by atoms with van der Waals surface area (Å²) in [5.41, 5.74) is -0.183. The average molecular weight is 326 g/mol. The molecule has 0 bridgehead atoms. The van der Waals surface area contributed by atoms with Crippen LogP contribution in [0.5, 0.6) is 0 Å². The molecule has 0 aromatic rings. The highest BCUT2D eigenvalue weighted by Crippen LogP contribution is 2.36. The van der Waals surface area contributed by atoms with E-state index in [1.54, 1.807) is 19.0 Å². The standard InChI is InChI=1S/C17H30N2O4/c1-13(2)16(21)19-8-6-17(7-9-19)11-14(5-10-23-17)22-12-15(20)18(3)4/h13-14H,5-12H2,1-4H3. The minimum atomic E-state index is -0.183. The van der Waals surface area contributed by atoms with E-state index in [-0.39, 0.29) is 36.0 Å². The summed E-state index contributed by atoms with van der Waals surface area (Å²) in [6, 6.07) is 0. The summed E-state index contributed by atoms with van der Waals surface area (Å²) in [5, 5.41) is 0. The lowest BCUT2D eigenvalue weighted by molar-refractivity contribution is -0.167. The molecule has 0 aliphatic carbocycles. The number of carbonyl (C=O) groups is 2. The van der Waals surface area contributed by atoms with Gasteiger partial charge < -0.3 is 19.3 Å². The first-order valence-corrected chi connectivity index (χ1v) is 8.57. The third-order valence-corrected chi connectivity index (χ3v) is 4.87. The molecule has 23 heavy (non-hydrogen) atoms. The zero-order valence-electron chi connectivity index (χ0n) is 14.8. The van der Waals surface area contributed by atoms with Gasteiger partial charge in [0.05, 0.1) is 11.7 Å². The lowest BCUT2D eigenvalue weighted by Crippen LogP contribution is -2.52. The van der Waals surface area contributed by atoms with E-state index in [1.165, 1.54) is 0 Å². The Morgan fingerprint density at radius 3 is 2.52 bits per heavy atom. The maximum absolute atomic E-state index is 12.1. The van der Waals surface area contributed by atoms with Gasteiger partial charge in [0.15, 0.2) is 0 Å². The summed E-state index contributed by atoms with van der Waals surface area (Å²) in [6.07, 6.45) is 3.43. The van der Waals surface area contributed by atoms with E-state index in [1.807, 2.05) is 18.7 Å². The summed E-state index contributed by atoms with van der Waals surface area (Å²) >= 11 is 0. The fraction of sp³-hybridized carbons (Fsp3) is 0.882. The van der Waals surface area contributed by atoms with Crippen molar-refractivity contribution >= 4 is 11.8 Å². The normalized spacial score (nSPS) is 24.0. The second kappa shape index (κ2) is 7.62. The van der Waals surface area contributed by atoms with E-state index in [4.69, 9.17) is 9.47 Å².